The molecule has 0 aliphatic carbocycles. The largest absolute Gasteiger partial charge is 0.469 e. The van der Waals surface area contributed by atoms with Crippen molar-refractivity contribution < 1.29 is 37.9 Å². The number of hydrogen-bond acceptors (Lipinski definition) is 6. The van der Waals surface area contributed by atoms with E-state index in [1.807, 2.05) is 0 Å². The van der Waals surface area contributed by atoms with Crippen LogP contribution in [0.25, 0.3) is 0 Å². The van der Waals surface area contributed by atoms with Crippen LogP contribution >= 0.6 is 7.82 Å². The lowest BCUT2D eigenvalue weighted by atomic mass is 10.1. The summed E-state index contributed by atoms with van der Waals surface area (Å²) in [5, 5.41) is 0. The fourth-order valence-electron chi connectivity index (χ4n) is 4.37. The molecule has 1 atom stereocenters. The molecule has 9 heteroatoms. The van der Waals surface area contributed by atoms with Crippen LogP contribution in [0.5, 0.6) is 0 Å². The van der Waals surface area contributed by atoms with Gasteiger partial charge in [0.05, 0.1) is 6.61 Å². The van der Waals surface area contributed by atoms with Crippen LogP contribution in [0.1, 0.15) is 155 Å². The van der Waals surface area contributed by atoms with Crippen molar-refractivity contribution in [1.82, 2.24) is 0 Å². The Labute approximate surface area is 244 Å². The summed E-state index contributed by atoms with van der Waals surface area (Å²) in [5.41, 5.74) is 0. The molecule has 0 spiro atoms. The van der Waals surface area contributed by atoms with Crippen molar-refractivity contribution in [1.29, 1.82) is 0 Å². The summed E-state index contributed by atoms with van der Waals surface area (Å²) in [7, 11) is -4.74. The van der Waals surface area contributed by atoms with Crippen molar-refractivity contribution in [3.05, 3.63) is 12.2 Å². The third kappa shape index (κ3) is 29.8. The Bertz CT molecular complexity index is 676. The fraction of sp³-hybridized carbons (Fsp3) is 0.871. The van der Waals surface area contributed by atoms with Crippen molar-refractivity contribution in [2.45, 2.75) is 161 Å². The molecule has 0 saturated heterocycles. The summed E-state index contributed by atoms with van der Waals surface area (Å²) in [6.45, 7) is 3.61. The monoisotopic (exact) mass is 590 g/mol. The zero-order valence-corrected chi connectivity index (χ0v) is 26.4. The van der Waals surface area contributed by atoms with E-state index < -0.39 is 32.5 Å². The minimum Gasteiger partial charge on any atom is -0.462 e. The van der Waals surface area contributed by atoms with Crippen LogP contribution in [-0.4, -0.2) is 41.0 Å². The van der Waals surface area contributed by atoms with Crippen molar-refractivity contribution >= 4 is 19.8 Å². The van der Waals surface area contributed by atoms with E-state index in [9.17, 15) is 14.2 Å². The van der Waals surface area contributed by atoms with Crippen LogP contribution < -0.4 is 0 Å². The third-order valence-electron chi connectivity index (χ3n) is 6.78. The maximum Gasteiger partial charge on any atom is 0.469 e. The number of rotatable bonds is 29. The van der Waals surface area contributed by atoms with Crippen LogP contribution in [0.4, 0.5) is 0 Å². The predicted octanol–water partition coefficient (Wildman–Crippen LogP) is 8.73. The Balaban J connectivity index is 4.04. The summed E-state index contributed by atoms with van der Waals surface area (Å²) in [6, 6.07) is 0. The first kappa shape index (κ1) is 38.8. The van der Waals surface area contributed by atoms with E-state index in [1.54, 1.807) is 0 Å². The normalized spacial score (nSPS) is 12.6. The molecule has 0 aromatic heterocycles. The first-order chi connectivity index (χ1) is 19.3. The SMILES string of the molecule is CCCCCCCC/C=C/CCCCCC(=O)OC[C@H](COP(=O)(O)O)OC(=O)CCCCCCCCCCC. The van der Waals surface area contributed by atoms with Gasteiger partial charge < -0.3 is 19.3 Å². The zero-order valence-electron chi connectivity index (χ0n) is 25.5. The molecule has 0 rings (SSSR count). The Morgan fingerprint density at radius 2 is 1.05 bits per heavy atom. The standard InChI is InChI=1S/C31H59O8P/c1-3-5-7-9-11-13-14-15-16-18-19-21-23-25-30(32)37-27-29(28-38-40(34,35)36)39-31(33)26-24-22-20-17-12-10-8-6-4-2/h15-16,29H,3-14,17-28H2,1-2H3,(H2,34,35,36)/b16-15+/t29-/m1/s1. The van der Waals surface area contributed by atoms with E-state index in [2.05, 4.69) is 30.5 Å². The van der Waals surface area contributed by atoms with Gasteiger partial charge in [0.2, 0.25) is 0 Å². The summed E-state index contributed by atoms with van der Waals surface area (Å²) in [5.74, 6) is -0.905. The molecule has 0 radical (unpaired) electrons. The van der Waals surface area contributed by atoms with Gasteiger partial charge in [0, 0.05) is 12.8 Å². The number of allylic oxidation sites excluding steroid dienone is 2. The van der Waals surface area contributed by atoms with Crippen LogP contribution in [-0.2, 0) is 28.2 Å². The van der Waals surface area contributed by atoms with Gasteiger partial charge in [-0.1, -0.05) is 116 Å². The average Bonchev–Trinajstić information content (AvgIpc) is 2.91. The molecule has 40 heavy (non-hydrogen) atoms. The van der Waals surface area contributed by atoms with Crippen molar-refractivity contribution in [2.75, 3.05) is 13.2 Å². The van der Waals surface area contributed by atoms with E-state index in [-0.39, 0.29) is 19.4 Å². The molecular weight excluding hydrogens is 531 g/mol. The van der Waals surface area contributed by atoms with Gasteiger partial charge in [0.25, 0.3) is 0 Å². The topological polar surface area (TPSA) is 119 Å². The summed E-state index contributed by atoms with van der Waals surface area (Å²) >= 11 is 0. The highest BCUT2D eigenvalue weighted by atomic mass is 31.2. The van der Waals surface area contributed by atoms with Crippen molar-refractivity contribution in [2.24, 2.45) is 0 Å². The van der Waals surface area contributed by atoms with Gasteiger partial charge in [-0.25, -0.2) is 4.57 Å². The molecule has 0 heterocycles. The van der Waals surface area contributed by atoms with E-state index in [0.29, 0.717) is 12.8 Å². The maximum atomic E-state index is 12.2. The zero-order chi connectivity index (χ0) is 29.7. The first-order valence-corrected chi connectivity index (χ1v) is 17.5. The number of ether oxygens (including phenoxy) is 2. The minimum atomic E-state index is -4.74. The molecule has 0 bridgehead atoms. The van der Waals surface area contributed by atoms with Gasteiger partial charge in [0.1, 0.15) is 6.61 Å². The van der Waals surface area contributed by atoms with Crippen molar-refractivity contribution in [3.8, 4) is 0 Å². The van der Waals surface area contributed by atoms with Gasteiger partial charge in [-0.05, 0) is 38.5 Å². The summed E-state index contributed by atoms with van der Waals surface area (Å²) in [6.07, 6.45) is 26.6. The summed E-state index contributed by atoms with van der Waals surface area (Å²) in [4.78, 5) is 42.3. The lowest BCUT2D eigenvalue weighted by Crippen LogP contribution is -2.29. The Morgan fingerprint density at radius 3 is 1.55 bits per heavy atom. The Hall–Kier alpha value is -1.21. The molecule has 0 aliphatic heterocycles. The molecule has 0 fully saturated rings. The van der Waals surface area contributed by atoms with Crippen LogP contribution in [0.15, 0.2) is 12.2 Å². The van der Waals surface area contributed by atoms with E-state index >= 15 is 0 Å². The molecule has 0 saturated carbocycles. The van der Waals surface area contributed by atoms with E-state index in [4.69, 9.17) is 19.3 Å². The highest BCUT2D eigenvalue weighted by Gasteiger charge is 2.22. The number of phosphoric ester groups is 1. The molecule has 236 valence electrons. The van der Waals surface area contributed by atoms with Gasteiger partial charge in [-0.2, -0.15) is 0 Å². The second-order valence-electron chi connectivity index (χ2n) is 10.8. The quantitative estimate of drug-likeness (QED) is 0.0384. The van der Waals surface area contributed by atoms with Gasteiger partial charge in [0.15, 0.2) is 6.10 Å². The number of carbonyl (C=O) groups is 2. The molecule has 0 aliphatic rings. The van der Waals surface area contributed by atoms with Crippen molar-refractivity contribution in [3.63, 3.8) is 0 Å². The predicted molar refractivity (Wildman–Crippen MR) is 161 cm³/mol. The maximum absolute atomic E-state index is 12.2. The Morgan fingerprint density at radius 1 is 0.625 bits per heavy atom. The average molecular weight is 591 g/mol. The smallest absolute Gasteiger partial charge is 0.462 e. The van der Waals surface area contributed by atoms with Gasteiger partial charge in [-0.3, -0.25) is 14.1 Å². The molecule has 2 N–H and O–H groups in total. The molecule has 0 amide bonds. The molecule has 0 aromatic rings. The first-order valence-electron chi connectivity index (χ1n) is 16.0. The van der Waals surface area contributed by atoms with Crippen LogP contribution in [0, 0.1) is 0 Å². The Kier molecular flexibility index (Phi) is 27.1. The number of hydrogen-bond donors (Lipinski definition) is 2. The number of unbranched alkanes of at least 4 members (excludes halogenated alkanes) is 17. The highest BCUT2D eigenvalue weighted by molar-refractivity contribution is 7.46. The molecule has 0 aromatic carbocycles. The fourth-order valence-corrected chi connectivity index (χ4v) is 4.73. The lowest BCUT2D eigenvalue weighted by Gasteiger charge is -2.18. The van der Waals surface area contributed by atoms with E-state index in [0.717, 1.165) is 44.9 Å². The second-order valence-corrected chi connectivity index (χ2v) is 12.0. The van der Waals surface area contributed by atoms with E-state index in [1.165, 1.54) is 70.6 Å². The summed E-state index contributed by atoms with van der Waals surface area (Å²) < 4.78 is 26.1. The lowest BCUT2D eigenvalue weighted by molar-refractivity contribution is -0.161. The molecule has 8 nitrogen and oxygen atoms in total. The highest BCUT2D eigenvalue weighted by Crippen LogP contribution is 2.35. The van der Waals surface area contributed by atoms with Crippen LogP contribution in [0.3, 0.4) is 0 Å². The van der Waals surface area contributed by atoms with Crippen LogP contribution in [0.2, 0.25) is 0 Å². The minimum absolute atomic E-state index is 0.212. The van der Waals surface area contributed by atoms with Gasteiger partial charge in [-0.15, -0.1) is 0 Å². The number of esters is 2. The molecule has 0 unspecified atom stereocenters. The second kappa shape index (κ2) is 27.9. The molecular formula is C31H59O8P. The number of phosphoric acid groups is 1. The third-order valence-corrected chi connectivity index (χ3v) is 7.27. The number of carbonyl (C=O) groups excluding carboxylic acids is 2. The van der Waals surface area contributed by atoms with Gasteiger partial charge >= 0.3 is 19.8 Å².